The van der Waals surface area contributed by atoms with E-state index in [4.69, 9.17) is 4.74 Å². The Kier molecular flexibility index (Phi) is 7.28. The summed E-state index contributed by atoms with van der Waals surface area (Å²) < 4.78 is 5.31. The van der Waals surface area contributed by atoms with Crippen LogP contribution in [0.1, 0.15) is 45.4 Å². The van der Waals surface area contributed by atoms with Crippen molar-refractivity contribution in [1.82, 2.24) is 9.80 Å². The highest BCUT2D eigenvalue weighted by Crippen LogP contribution is 2.20. The molecule has 2 unspecified atom stereocenters. The number of nitrogens with zero attached hydrogens (tertiary/aromatic N) is 2. The molecular formula is C16H32N2O2. The highest BCUT2D eigenvalue weighted by atomic mass is 16.5. The van der Waals surface area contributed by atoms with Gasteiger partial charge in [-0.1, -0.05) is 12.8 Å². The van der Waals surface area contributed by atoms with Crippen LogP contribution >= 0.6 is 0 Å². The fourth-order valence-electron chi connectivity index (χ4n) is 3.56. The zero-order valence-corrected chi connectivity index (χ0v) is 13.1. The molecule has 0 amide bonds. The lowest BCUT2D eigenvalue weighted by Gasteiger charge is -2.39. The second-order valence-electron chi connectivity index (χ2n) is 6.32. The first-order valence-electron chi connectivity index (χ1n) is 8.51. The molecule has 2 aliphatic heterocycles. The molecule has 118 valence electrons. The van der Waals surface area contributed by atoms with Crippen molar-refractivity contribution in [2.24, 2.45) is 0 Å². The van der Waals surface area contributed by atoms with E-state index in [0.29, 0.717) is 19.3 Å². The van der Waals surface area contributed by atoms with E-state index in [2.05, 4.69) is 9.80 Å². The molecule has 0 saturated carbocycles. The van der Waals surface area contributed by atoms with Gasteiger partial charge in [0.15, 0.2) is 0 Å². The molecule has 2 saturated heterocycles. The number of rotatable bonds is 6. The third-order valence-corrected chi connectivity index (χ3v) is 4.62. The predicted octanol–water partition coefficient (Wildman–Crippen LogP) is 1.72. The van der Waals surface area contributed by atoms with E-state index in [0.717, 1.165) is 19.6 Å². The Hall–Kier alpha value is -0.160. The van der Waals surface area contributed by atoms with Gasteiger partial charge in [-0.25, -0.2) is 0 Å². The molecule has 2 atom stereocenters. The molecule has 1 N–H and O–H groups in total. The van der Waals surface area contributed by atoms with E-state index in [9.17, 15) is 5.11 Å². The number of aliphatic hydroxyl groups is 1. The van der Waals surface area contributed by atoms with Crippen molar-refractivity contribution in [3.05, 3.63) is 0 Å². The van der Waals surface area contributed by atoms with Gasteiger partial charge in [0.2, 0.25) is 0 Å². The van der Waals surface area contributed by atoms with Crippen LogP contribution in [-0.2, 0) is 4.74 Å². The molecule has 0 spiro atoms. The van der Waals surface area contributed by atoms with E-state index in [1.54, 1.807) is 0 Å². The molecule has 0 radical (unpaired) electrons. The van der Waals surface area contributed by atoms with Crippen molar-refractivity contribution in [3.63, 3.8) is 0 Å². The molecule has 0 aromatic rings. The average molecular weight is 284 g/mol. The van der Waals surface area contributed by atoms with Gasteiger partial charge in [-0.15, -0.1) is 0 Å². The third-order valence-electron chi connectivity index (χ3n) is 4.62. The van der Waals surface area contributed by atoms with Gasteiger partial charge in [0, 0.05) is 25.7 Å². The van der Waals surface area contributed by atoms with Crippen LogP contribution < -0.4 is 0 Å². The van der Waals surface area contributed by atoms with Crippen molar-refractivity contribution in [3.8, 4) is 0 Å². The minimum absolute atomic E-state index is 0.335. The second-order valence-corrected chi connectivity index (χ2v) is 6.32. The van der Waals surface area contributed by atoms with Crippen LogP contribution in [0.3, 0.4) is 0 Å². The van der Waals surface area contributed by atoms with E-state index < -0.39 is 0 Å². The maximum Gasteiger partial charge on any atom is 0.0900 e. The lowest BCUT2D eigenvalue weighted by atomic mass is 10.0. The van der Waals surface area contributed by atoms with Crippen LogP contribution in [-0.4, -0.2) is 73.0 Å². The van der Waals surface area contributed by atoms with Crippen molar-refractivity contribution in [2.75, 3.05) is 45.9 Å². The Balaban J connectivity index is 1.75. The summed E-state index contributed by atoms with van der Waals surface area (Å²) in [5.41, 5.74) is 0. The Morgan fingerprint density at radius 1 is 1.10 bits per heavy atom. The van der Waals surface area contributed by atoms with Crippen LogP contribution in [0.2, 0.25) is 0 Å². The number of ether oxygens (including phenoxy) is 1. The van der Waals surface area contributed by atoms with Crippen molar-refractivity contribution in [2.45, 2.75) is 57.6 Å². The van der Waals surface area contributed by atoms with Gasteiger partial charge in [-0.05, 0) is 52.2 Å². The lowest BCUT2D eigenvalue weighted by molar-refractivity contribution is 0.00706. The van der Waals surface area contributed by atoms with E-state index in [1.165, 1.54) is 51.6 Å². The van der Waals surface area contributed by atoms with Crippen molar-refractivity contribution in [1.29, 1.82) is 0 Å². The molecule has 4 heteroatoms. The van der Waals surface area contributed by atoms with Gasteiger partial charge in [0.05, 0.1) is 12.7 Å². The third kappa shape index (κ3) is 5.32. The number of β-amino-alcohol motifs (C(OH)–C–C–N with tert-alkyl or cyclic N) is 1. The topological polar surface area (TPSA) is 35.9 Å². The fraction of sp³-hybridized carbons (Fsp3) is 1.00. The molecule has 0 aliphatic carbocycles. The SMILES string of the molecule is CCOCC(O)CN1CCCC(N2CCCCCC2)C1. The molecule has 4 nitrogen and oxygen atoms in total. The molecule has 0 aromatic heterocycles. The molecule has 20 heavy (non-hydrogen) atoms. The first kappa shape index (κ1) is 16.2. The highest BCUT2D eigenvalue weighted by Gasteiger charge is 2.26. The maximum atomic E-state index is 9.99. The van der Waals surface area contributed by atoms with Crippen LogP contribution in [0, 0.1) is 0 Å². The first-order valence-corrected chi connectivity index (χ1v) is 8.51. The predicted molar refractivity (Wildman–Crippen MR) is 82.0 cm³/mol. The van der Waals surface area contributed by atoms with E-state index in [-0.39, 0.29) is 6.10 Å². The molecule has 0 bridgehead atoms. The smallest absolute Gasteiger partial charge is 0.0900 e. The Morgan fingerprint density at radius 3 is 2.55 bits per heavy atom. The monoisotopic (exact) mass is 284 g/mol. The molecule has 2 rings (SSSR count). The quantitative estimate of drug-likeness (QED) is 0.806. The van der Waals surface area contributed by atoms with Gasteiger partial charge < -0.3 is 9.84 Å². The summed E-state index contributed by atoms with van der Waals surface area (Å²) in [5, 5.41) is 9.99. The van der Waals surface area contributed by atoms with Crippen molar-refractivity contribution >= 4 is 0 Å². The average Bonchev–Trinajstić information content (AvgIpc) is 2.74. The summed E-state index contributed by atoms with van der Waals surface area (Å²) in [5.74, 6) is 0. The number of aliphatic hydroxyl groups excluding tert-OH is 1. The van der Waals surface area contributed by atoms with E-state index in [1.807, 2.05) is 6.92 Å². The summed E-state index contributed by atoms with van der Waals surface area (Å²) in [6.07, 6.45) is 7.80. The first-order chi connectivity index (χ1) is 9.79. The van der Waals surface area contributed by atoms with Gasteiger partial charge in [-0.2, -0.15) is 0 Å². The summed E-state index contributed by atoms with van der Waals surface area (Å²) in [6.45, 7) is 8.72. The number of likely N-dealkylation sites (tertiary alicyclic amines) is 2. The fourth-order valence-corrected chi connectivity index (χ4v) is 3.56. The van der Waals surface area contributed by atoms with Crippen molar-refractivity contribution < 1.29 is 9.84 Å². The summed E-state index contributed by atoms with van der Waals surface area (Å²) in [4.78, 5) is 5.14. The van der Waals surface area contributed by atoms with Crippen LogP contribution in [0.4, 0.5) is 0 Å². The Bertz CT molecular complexity index is 255. The molecule has 2 fully saturated rings. The van der Waals surface area contributed by atoms with Gasteiger partial charge >= 0.3 is 0 Å². The summed E-state index contributed by atoms with van der Waals surface area (Å²) in [6, 6.07) is 0.709. The molecule has 0 aromatic carbocycles. The van der Waals surface area contributed by atoms with Gasteiger partial charge in [0.1, 0.15) is 0 Å². The van der Waals surface area contributed by atoms with Crippen LogP contribution in [0.5, 0.6) is 0 Å². The standard InChI is InChI=1S/C16H32N2O2/c1-2-20-14-16(19)13-17-9-7-8-15(12-17)18-10-5-3-4-6-11-18/h15-16,19H,2-14H2,1H3. The Labute approximate surface area is 124 Å². The maximum absolute atomic E-state index is 9.99. The summed E-state index contributed by atoms with van der Waals surface area (Å²) in [7, 11) is 0. The minimum atomic E-state index is -0.335. The minimum Gasteiger partial charge on any atom is -0.389 e. The molecular weight excluding hydrogens is 252 g/mol. The number of piperidine rings is 1. The normalized spacial score (nSPS) is 28.2. The second kappa shape index (κ2) is 8.98. The Morgan fingerprint density at radius 2 is 1.85 bits per heavy atom. The molecule has 2 heterocycles. The summed E-state index contributed by atoms with van der Waals surface area (Å²) >= 11 is 0. The number of hydrogen-bond acceptors (Lipinski definition) is 4. The zero-order valence-electron chi connectivity index (χ0n) is 13.1. The largest absolute Gasteiger partial charge is 0.389 e. The number of hydrogen-bond donors (Lipinski definition) is 1. The lowest BCUT2D eigenvalue weighted by Crippen LogP contribution is -2.50. The van der Waals surface area contributed by atoms with Gasteiger partial charge in [-0.3, -0.25) is 9.80 Å². The zero-order chi connectivity index (χ0) is 14.2. The molecule has 2 aliphatic rings. The van der Waals surface area contributed by atoms with E-state index >= 15 is 0 Å². The highest BCUT2D eigenvalue weighted by molar-refractivity contribution is 4.82. The van der Waals surface area contributed by atoms with Gasteiger partial charge in [0.25, 0.3) is 0 Å². The van der Waals surface area contributed by atoms with Crippen LogP contribution in [0.25, 0.3) is 0 Å². The van der Waals surface area contributed by atoms with Crippen LogP contribution in [0.15, 0.2) is 0 Å².